The number of rotatable bonds is 8. The van der Waals surface area contributed by atoms with Gasteiger partial charge in [-0.1, -0.05) is 12.1 Å². The largest absolute Gasteiger partial charge is 0.508 e. The zero-order chi connectivity index (χ0) is 24.9. The Morgan fingerprint density at radius 3 is 2.49 bits per heavy atom. The van der Waals surface area contributed by atoms with Crippen LogP contribution in [0.2, 0.25) is 0 Å². The minimum Gasteiger partial charge on any atom is -0.508 e. The second-order valence-corrected chi connectivity index (χ2v) is 8.26. The molecule has 1 unspecified atom stereocenters. The van der Waals surface area contributed by atoms with Crippen LogP contribution in [0.25, 0.3) is 0 Å². The lowest BCUT2D eigenvalue weighted by Gasteiger charge is -2.24. The summed E-state index contributed by atoms with van der Waals surface area (Å²) in [6.07, 6.45) is 1.86. The van der Waals surface area contributed by atoms with Gasteiger partial charge < -0.3 is 20.1 Å². The number of phenolic OH excluding ortho intramolecular Hbond substituents is 1. The standard InChI is InChI=1S/C25H23FN4O4S/c1-34-20-10-11-22(27-15-20)28-23(32)14-21-24(33)30(18-6-4-17(26)5-7-18)25(35)29(21)13-12-16-2-8-19(31)9-3-16/h2-11,15,21,31H,12-14H2,1H3,(H,27,28,32). The molecule has 0 bridgehead atoms. The first-order chi connectivity index (χ1) is 16.9. The fraction of sp³-hybridized carbons (Fsp3) is 0.200. The Morgan fingerprint density at radius 2 is 1.86 bits per heavy atom. The van der Waals surface area contributed by atoms with E-state index in [1.807, 2.05) is 0 Å². The van der Waals surface area contributed by atoms with E-state index >= 15 is 0 Å². The van der Waals surface area contributed by atoms with E-state index in [1.54, 1.807) is 41.3 Å². The number of methoxy groups -OCH3 is 1. The lowest BCUT2D eigenvalue weighted by molar-refractivity contribution is -0.124. The van der Waals surface area contributed by atoms with E-state index in [-0.39, 0.29) is 23.2 Å². The molecule has 4 rings (SSSR count). The van der Waals surface area contributed by atoms with Crippen LogP contribution in [0.3, 0.4) is 0 Å². The third kappa shape index (κ3) is 5.55. The fourth-order valence-corrected chi connectivity index (χ4v) is 4.19. The summed E-state index contributed by atoms with van der Waals surface area (Å²) in [6, 6.07) is 14.6. The number of carbonyl (C=O) groups is 2. The van der Waals surface area contributed by atoms with Crippen LogP contribution in [0.4, 0.5) is 15.9 Å². The number of nitrogens with zero attached hydrogens (tertiary/aromatic N) is 3. The minimum absolute atomic E-state index is 0.153. The van der Waals surface area contributed by atoms with Crippen molar-refractivity contribution in [3.05, 3.63) is 78.2 Å². The molecular weight excluding hydrogens is 471 g/mol. The summed E-state index contributed by atoms with van der Waals surface area (Å²) in [5.74, 6) is -0.169. The van der Waals surface area contributed by atoms with Gasteiger partial charge in [0.05, 0.1) is 25.4 Å². The normalized spacial score (nSPS) is 15.4. The van der Waals surface area contributed by atoms with Gasteiger partial charge in [-0.15, -0.1) is 0 Å². The summed E-state index contributed by atoms with van der Waals surface area (Å²) in [5, 5.41) is 12.5. The maximum atomic E-state index is 13.5. The van der Waals surface area contributed by atoms with Crippen molar-refractivity contribution in [2.24, 2.45) is 0 Å². The fourth-order valence-electron chi connectivity index (χ4n) is 3.77. The smallest absolute Gasteiger partial charge is 0.256 e. The van der Waals surface area contributed by atoms with Gasteiger partial charge in [0, 0.05) is 6.54 Å². The summed E-state index contributed by atoms with van der Waals surface area (Å²) in [5.41, 5.74) is 1.36. The van der Waals surface area contributed by atoms with Crippen molar-refractivity contribution in [2.45, 2.75) is 18.9 Å². The predicted molar refractivity (Wildman–Crippen MR) is 133 cm³/mol. The van der Waals surface area contributed by atoms with Gasteiger partial charge in [-0.25, -0.2) is 9.37 Å². The number of amides is 2. The van der Waals surface area contributed by atoms with E-state index in [0.29, 0.717) is 30.2 Å². The number of aromatic nitrogens is 1. The van der Waals surface area contributed by atoms with Gasteiger partial charge in [0.1, 0.15) is 29.2 Å². The summed E-state index contributed by atoms with van der Waals surface area (Å²) < 4.78 is 18.5. The topological polar surface area (TPSA) is 95.0 Å². The molecule has 10 heteroatoms. The second kappa shape index (κ2) is 10.5. The summed E-state index contributed by atoms with van der Waals surface area (Å²) >= 11 is 5.62. The number of thiocarbonyl (C=S) groups is 1. The third-order valence-electron chi connectivity index (χ3n) is 5.60. The number of ether oxygens (including phenoxy) is 1. The number of phenols is 1. The zero-order valence-electron chi connectivity index (χ0n) is 18.8. The average molecular weight is 495 g/mol. The number of carbonyl (C=O) groups excluding carboxylic acids is 2. The molecule has 2 N–H and O–H groups in total. The first-order valence-electron chi connectivity index (χ1n) is 10.8. The van der Waals surface area contributed by atoms with Crippen molar-refractivity contribution >= 4 is 40.6 Å². The van der Waals surface area contributed by atoms with Crippen LogP contribution in [-0.4, -0.2) is 51.6 Å². The highest BCUT2D eigenvalue weighted by Crippen LogP contribution is 2.28. The first-order valence-corrected chi connectivity index (χ1v) is 11.2. The number of pyridine rings is 1. The van der Waals surface area contributed by atoms with Gasteiger partial charge in [-0.2, -0.15) is 0 Å². The van der Waals surface area contributed by atoms with Crippen molar-refractivity contribution in [1.29, 1.82) is 0 Å². The highest BCUT2D eigenvalue weighted by molar-refractivity contribution is 7.80. The monoisotopic (exact) mass is 494 g/mol. The van der Waals surface area contributed by atoms with E-state index in [0.717, 1.165) is 5.56 Å². The predicted octanol–water partition coefficient (Wildman–Crippen LogP) is 3.51. The molecule has 2 aromatic carbocycles. The van der Waals surface area contributed by atoms with Gasteiger partial charge in [-0.05, 0) is 72.7 Å². The molecule has 8 nitrogen and oxygen atoms in total. The molecule has 0 aliphatic carbocycles. The van der Waals surface area contributed by atoms with Crippen LogP contribution in [0.1, 0.15) is 12.0 Å². The molecule has 1 aliphatic heterocycles. The van der Waals surface area contributed by atoms with E-state index in [2.05, 4.69) is 10.3 Å². The van der Waals surface area contributed by atoms with Crippen LogP contribution in [0.15, 0.2) is 66.9 Å². The molecule has 0 radical (unpaired) electrons. The van der Waals surface area contributed by atoms with Gasteiger partial charge in [-0.3, -0.25) is 14.5 Å². The number of hydrogen-bond acceptors (Lipinski definition) is 6. The lowest BCUT2D eigenvalue weighted by Crippen LogP contribution is -2.39. The van der Waals surface area contributed by atoms with Gasteiger partial charge in [0.15, 0.2) is 5.11 Å². The molecule has 1 atom stereocenters. The van der Waals surface area contributed by atoms with E-state index < -0.39 is 17.8 Å². The van der Waals surface area contributed by atoms with Crippen molar-refractivity contribution < 1.29 is 23.8 Å². The molecule has 0 spiro atoms. The number of aromatic hydroxyl groups is 1. The van der Waals surface area contributed by atoms with Crippen molar-refractivity contribution in [3.8, 4) is 11.5 Å². The zero-order valence-corrected chi connectivity index (χ0v) is 19.7. The Hall–Kier alpha value is -4.05. The van der Waals surface area contributed by atoms with Crippen LogP contribution in [-0.2, 0) is 16.0 Å². The Kier molecular flexibility index (Phi) is 7.21. The maximum Gasteiger partial charge on any atom is 0.256 e. The van der Waals surface area contributed by atoms with Crippen LogP contribution in [0.5, 0.6) is 11.5 Å². The molecule has 2 heterocycles. The Bertz CT molecular complexity index is 1220. The molecule has 1 fully saturated rings. The van der Waals surface area contributed by atoms with Crippen LogP contribution in [0, 0.1) is 5.82 Å². The second-order valence-electron chi connectivity index (χ2n) is 7.89. The molecule has 1 saturated heterocycles. The average Bonchev–Trinajstić information content (AvgIpc) is 3.08. The number of benzene rings is 2. The molecule has 2 amide bonds. The van der Waals surface area contributed by atoms with Gasteiger partial charge in [0.25, 0.3) is 5.91 Å². The van der Waals surface area contributed by atoms with Gasteiger partial charge >= 0.3 is 0 Å². The maximum absolute atomic E-state index is 13.5. The molecule has 180 valence electrons. The molecular formula is C25H23FN4O4S. The molecule has 35 heavy (non-hydrogen) atoms. The summed E-state index contributed by atoms with van der Waals surface area (Å²) in [6.45, 7) is 0.367. The molecule has 3 aromatic rings. The Morgan fingerprint density at radius 1 is 1.14 bits per heavy atom. The van der Waals surface area contributed by atoms with E-state index in [9.17, 15) is 19.1 Å². The highest BCUT2D eigenvalue weighted by Gasteiger charge is 2.43. The molecule has 1 aromatic heterocycles. The van der Waals surface area contributed by atoms with Crippen molar-refractivity contribution in [1.82, 2.24) is 9.88 Å². The van der Waals surface area contributed by atoms with E-state index in [4.69, 9.17) is 17.0 Å². The number of hydrogen-bond donors (Lipinski definition) is 2. The highest BCUT2D eigenvalue weighted by atomic mass is 32.1. The summed E-state index contributed by atoms with van der Waals surface area (Å²) in [7, 11) is 1.52. The van der Waals surface area contributed by atoms with Crippen LogP contribution < -0.4 is 15.0 Å². The number of anilines is 2. The summed E-state index contributed by atoms with van der Waals surface area (Å²) in [4.78, 5) is 33.4. The third-order valence-corrected chi connectivity index (χ3v) is 6.02. The van der Waals surface area contributed by atoms with Crippen molar-refractivity contribution in [3.63, 3.8) is 0 Å². The van der Waals surface area contributed by atoms with Crippen LogP contribution >= 0.6 is 12.2 Å². The lowest BCUT2D eigenvalue weighted by atomic mass is 10.1. The van der Waals surface area contributed by atoms with Crippen molar-refractivity contribution in [2.75, 3.05) is 23.9 Å². The Balaban J connectivity index is 1.54. The van der Waals surface area contributed by atoms with Gasteiger partial charge in [0.2, 0.25) is 5.91 Å². The molecule has 0 saturated carbocycles. The SMILES string of the molecule is COc1ccc(NC(=O)CC2C(=O)N(c3ccc(F)cc3)C(=S)N2CCc2ccc(O)cc2)nc1. The number of nitrogens with one attached hydrogen (secondary N) is 1. The number of halogens is 1. The minimum atomic E-state index is -0.845. The first kappa shape index (κ1) is 24.1. The Labute approximate surface area is 207 Å². The molecule has 1 aliphatic rings. The quantitative estimate of drug-likeness (QED) is 0.463. The van der Waals surface area contributed by atoms with E-state index in [1.165, 1.54) is 42.5 Å².